The van der Waals surface area contributed by atoms with Crippen molar-refractivity contribution in [3.05, 3.63) is 11.3 Å². The Balaban J connectivity index is 1.35. The van der Waals surface area contributed by atoms with Gasteiger partial charge in [0, 0.05) is 46.3 Å². The minimum atomic E-state index is -0.343. The fraction of sp³-hybridized carbons (Fsp3) is 0.600. The molecule has 0 bridgehead atoms. The molecule has 12 heteroatoms. The number of hydrogen-bond acceptors (Lipinski definition) is 9. The molecule has 2 saturated heterocycles. The lowest BCUT2D eigenvalue weighted by Crippen LogP contribution is -2.51. The molecule has 2 aromatic heterocycles. The Bertz CT molecular complexity index is 802. The van der Waals surface area contributed by atoms with Gasteiger partial charge in [-0.1, -0.05) is 11.3 Å². The average molecular weight is 392 g/mol. The van der Waals surface area contributed by atoms with Gasteiger partial charge in [-0.25, -0.2) is 5.10 Å². The first-order valence-corrected chi connectivity index (χ1v) is 9.48. The van der Waals surface area contributed by atoms with Crippen molar-refractivity contribution in [3.63, 3.8) is 0 Å². The summed E-state index contributed by atoms with van der Waals surface area (Å²) < 4.78 is 5.03. The van der Waals surface area contributed by atoms with E-state index in [2.05, 4.69) is 30.3 Å². The van der Waals surface area contributed by atoms with Gasteiger partial charge in [-0.05, 0) is 0 Å². The molecule has 1 N–H and O–H groups in total. The fourth-order valence-electron chi connectivity index (χ4n) is 3.34. The number of amides is 2. The molecule has 4 rings (SSSR count). The summed E-state index contributed by atoms with van der Waals surface area (Å²) in [6.45, 7) is 3.27. The van der Waals surface area contributed by atoms with E-state index in [1.807, 2.05) is 4.90 Å². The molecular formula is C15H20N8O3S. The number of carbonyl (C=O) groups excluding carboxylic acids is 2. The summed E-state index contributed by atoms with van der Waals surface area (Å²) in [5, 5.41) is 16.0. The standard InChI is InChI=1S/C15H20N8O3S/c1-26-8-11-18-20-15(27-11)23-7-10(6-12(23)24)13(25)21-2-4-22(5-3-21)14-16-9-17-19-14/h9-10H,2-8H2,1H3,(H,16,17,19). The highest BCUT2D eigenvalue weighted by Gasteiger charge is 2.39. The van der Waals surface area contributed by atoms with Crippen molar-refractivity contribution in [3.8, 4) is 0 Å². The van der Waals surface area contributed by atoms with Crippen LogP contribution in [0.25, 0.3) is 0 Å². The lowest BCUT2D eigenvalue weighted by molar-refractivity contribution is -0.136. The van der Waals surface area contributed by atoms with E-state index in [0.29, 0.717) is 55.4 Å². The molecule has 0 aromatic carbocycles. The Morgan fingerprint density at radius 1 is 1.33 bits per heavy atom. The molecule has 1 atom stereocenters. The number of rotatable bonds is 5. The number of aromatic amines is 1. The molecular weight excluding hydrogens is 372 g/mol. The number of piperazine rings is 1. The average Bonchev–Trinajstić information content (AvgIpc) is 3.42. The van der Waals surface area contributed by atoms with E-state index in [9.17, 15) is 9.59 Å². The molecule has 0 radical (unpaired) electrons. The predicted molar refractivity (Wildman–Crippen MR) is 96.3 cm³/mol. The summed E-state index contributed by atoms with van der Waals surface area (Å²) in [6, 6.07) is 0. The number of aromatic nitrogens is 5. The molecule has 0 spiro atoms. The molecule has 27 heavy (non-hydrogen) atoms. The van der Waals surface area contributed by atoms with Crippen molar-refractivity contribution in [2.75, 3.05) is 49.6 Å². The highest BCUT2D eigenvalue weighted by atomic mass is 32.1. The van der Waals surface area contributed by atoms with Gasteiger partial charge in [0.2, 0.25) is 22.9 Å². The molecule has 0 saturated carbocycles. The van der Waals surface area contributed by atoms with Crippen LogP contribution < -0.4 is 9.80 Å². The third-order valence-electron chi connectivity index (χ3n) is 4.72. The van der Waals surface area contributed by atoms with Gasteiger partial charge in [0.25, 0.3) is 0 Å². The second kappa shape index (κ2) is 7.56. The number of carbonyl (C=O) groups is 2. The van der Waals surface area contributed by atoms with E-state index in [1.165, 1.54) is 17.7 Å². The summed E-state index contributed by atoms with van der Waals surface area (Å²) in [7, 11) is 1.58. The smallest absolute Gasteiger partial charge is 0.229 e. The van der Waals surface area contributed by atoms with Crippen LogP contribution >= 0.6 is 11.3 Å². The maximum absolute atomic E-state index is 12.9. The summed E-state index contributed by atoms with van der Waals surface area (Å²) in [5.74, 6) is 0.301. The van der Waals surface area contributed by atoms with Crippen molar-refractivity contribution in [2.45, 2.75) is 13.0 Å². The van der Waals surface area contributed by atoms with Crippen molar-refractivity contribution < 1.29 is 14.3 Å². The zero-order valence-electron chi connectivity index (χ0n) is 14.9. The van der Waals surface area contributed by atoms with E-state index in [-0.39, 0.29) is 24.2 Å². The van der Waals surface area contributed by atoms with E-state index in [0.717, 1.165) is 0 Å². The van der Waals surface area contributed by atoms with Crippen LogP contribution in [0.2, 0.25) is 0 Å². The van der Waals surface area contributed by atoms with Crippen molar-refractivity contribution in [1.82, 2.24) is 30.3 Å². The van der Waals surface area contributed by atoms with Crippen LogP contribution in [0.3, 0.4) is 0 Å². The van der Waals surface area contributed by atoms with Gasteiger partial charge in [-0.3, -0.25) is 14.5 Å². The topological polar surface area (TPSA) is 120 Å². The summed E-state index contributed by atoms with van der Waals surface area (Å²) in [4.78, 5) is 34.8. The zero-order valence-corrected chi connectivity index (χ0v) is 15.7. The maximum Gasteiger partial charge on any atom is 0.229 e. The largest absolute Gasteiger partial charge is 0.377 e. The number of nitrogens with one attached hydrogen (secondary N) is 1. The van der Waals surface area contributed by atoms with Gasteiger partial charge >= 0.3 is 0 Å². The molecule has 1 unspecified atom stereocenters. The van der Waals surface area contributed by atoms with Crippen LogP contribution in [0.4, 0.5) is 11.1 Å². The van der Waals surface area contributed by atoms with Crippen LogP contribution in [0, 0.1) is 5.92 Å². The first-order chi connectivity index (χ1) is 13.2. The maximum atomic E-state index is 12.9. The van der Waals surface area contributed by atoms with Crippen LogP contribution in [-0.4, -0.2) is 81.9 Å². The van der Waals surface area contributed by atoms with Gasteiger partial charge in [0.1, 0.15) is 17.9 Å². The molecule has 2 aliphatic rings. The monoisotopic (exact) mass is 392 g/mol. The number of anilines is 2. The molecule has 144 valence electrons. The first kappa shape index (κ1) is 17.8. The number of methoxy groups -OCH3 is 1. The third-order valence-corrected chi connectivity index (χ3v) is 5.64. The number of hydrogen-bond donors (Lipinski definition) is 1. The zero-order chi connectivity index (χ0) is 18.8. The molecule has 0 aliphatic carbocycles. The SMILES string of the molecule is COCc1nnc(N2CC(C(=O)N3CCN(c4ncn[nH]4)CC3)CC2=O)s1. The fourth-order valence-corrected chi connectivity index (χ4v) is 4.18. The molecule has 4 heterocycles. The number of H-pyrrole nitrogens is 1. The minimum Gasteiger partial charge on any atom is -0.377 e. The highest BCUT2D eigenvalue weighted by molar-refractivity contribution is 7.15. The van der Waals surface area contributed by atoms with Crippen LogP contribution in [0.15, 0.2) is 6.33 Å². The Labute approximate surface area is 159 Å². The van der Waals surface area contributed by atoms with Crippen molar-refractivity contribution >= 4 is 34.2 Å². The minimum absolute atomic E-state index is 0.0182. The van der Waals surface area contributed by atoms with Gasteiger partial charge in [0.15, 0.2) is 0 Å². The van der Waals surface area contributed by atoms with Crippen LogP contribution in [0.5, 0.6) is 0 Å². The normalized spacial score (nSPS) is 20.6. The molecule has 2 fully saturated rings. The van der Waals surface area contributed by atoms with Gasteiger partial charge < -0.3 is 14.5 Å². The Hall–Kier alpha value is -2.60. The van der Waals surface area contributed by atoms with Crippen molar-refractivity contribution in [2.24, 2.45) is 5.92 Å². The van der Waals surface area contributed by atoms with Crippen LogP contribution in [-0.2, 0) is 20.9 Å². The second-order valence-corrected chi connectivity index (χ2v) is 7.48. The van der Waals surface area contributed by atoms with Gasteiger partial charge in [-0.15, -0.1) is 10.2 Å². The van der Waals surface area contributed by atoms with Crippen LogP contribution in [0.1, 0.15) is 11.4 Å². The Kier molecular flexibility index (Phi) is 4.99. The summed E-state index contributed by atoms with van der Waals surface area (Å²) in [6.07, 6.45) is 1.68. The van der Waals surface area contributed by atoms with Gasteiger partial charge in [0.05, 0.1) is 5.92 Å². The molecule has 11 nitrogen and oxygen atoms in total. The summed E-state index contributed by atoms with van der Waals surface area (Å²) in [5.41, 5.74) is 0. The lowest BCUT2D eigenvalue weighted by atomic mass is 10.1. The third kappa shape index (κ3) is 3.62. The molecule has 2 aliphatic heterocycles. The molecule has 2 aromatic rings. The second-order valence-electron chi connectivity index (χ2n) is 6.44. The number of ether oxygens (including phenoxy) is 1. The van der Waals surface area contributed by atoms with Gasteiger partial charge in [-0.2, -0.15) is 10.1 Å². The van der Waals surface area contributed by atoms with Crippen molar-refractivity contribution in [1.29, 1.82) is 0 Å². The van der Waals surface area contributed by atoms with E-state index < -0.39 is 0 Å². The lowest BCUT2D eigenvalue weighted by Gasteiger charge is -2.35. The number of nitrogens with zero attached hydrogens (tertiary/aromatic N) is 7. The summed E-state index contributed by atoms with van der Waals surface area (Å²) >= 11 is 1.32. The van der Waals surface area contributed by atoms with E-state index >= 15 is 0 Å². The van der Waals surface area contributed by atoms with E-state index in [1.54, 1.807) is 12.0 Å². The highest BCUT2D eigenvalue weighted by Crippen LogP contribution is 2.29. The predicted octanol–water partition coefficient (Wildman–Crippen LogP) is -0.496. The first-order valence-electron chi connectivity index (χ1n) is 8.66. The van der Waals surface area contributed by atoms with E-state index in [4.69, 9.17) is 4.74 Å². The quantitative estimate of drug-likeness (QED) is 0.723. The Morgan fingerprint density at radius 2 is 2.15 bits per heavy atom. The molecule has 2 amide bonds. The Morgan fingerprint density at radius 3 is 2.85 bits per heavy atom.